The molecule has 3 heterocycles. The third-order valence-corrected chi connectivity index (χ3v) is 8.64. The number of hydrogen-bond acceptors (Lipinski definition) is 6. The van der Waals surface area contributed by atoms with E-state index in [0.717, 1.165) is 18.2 Å². The summed E-state index contributed by atoms with van der Waals surface area (Å²) in [4.78, 5) is 33.9. The summed E-state index contributed by atoms with van der Waals surface area (Å²) in [5.41, 5.74) is -1.11. The number of aromatic nitrogens is 2. The second-order valence-electron chi connectivity index (χ2n) is 10.1. The number of benzene rings is 2. The zero-order valence-corrected chi connectivity index (χ0v) is 23.0. The van der Waals surface area contributed by atoms with E-state index >= 15 is 0 Å². The van der Waals surface area contributed by atoms with E-state index in [9.17, 15) is 27.2 Å². The van der Waals surface area contributed by atoms with Crippen LogP contribution in [0.1, 0.15) is 19.4 Å². The number of hydrogen-bond donors (Lipinski definition) is 0. The zero-order chi connectivity index (χ0) is 28.9. The Hall–Kier alpha value is -3.38. The molecule has 12 heteroatoms. The molecule has 5 rings (SSSR count). The fourth-order valence-electron chi connectivity index (χ4n) is 5.68. The van der Waals surface area contributed by atoms with Gasteiger partial charge in [0.05, 0.1) is 23.7 Å². The molecule has 1 fully saturated rings. The Bertz CT molecular complexity index is 1530. The largest absolute Gasteiger partial charge is 0.417 e. The number of ether oxygens (including phenoxy) is 1. The first kappa shape index (κ1) is 28.2. The fourth-order valence-corrected chi connectivity index (χ4v) is 7.00. The lowest BCUT2D eigenvalue weighted by Crippen LogP contribution is -2.58. The number of nitrogens with zero attached hydrogens (tertiary/aromatic N) is 4. The average Bonchev–Trinajstić information content (AvgIpc) is 3.10. The van der Waals surface area contributed by atoms with Gasteiger partial charge in [-0.15, -0.1) is 11.8 Å². The molecule has 0 N–H and O–H groups in total. The van der Waals surface area contributed by atoms with Gasteiger partial charge in [0, 0.05) is 53.9 Å². The van der Waals surface area contributed by atoms with Crippen molar-refractivity contribution in [1.82, 2.24) is 14.5 Å². The van der Waals surface area contributed by atoms with E-state index in [1.807, 2.05) is 13.8 Å². The lowest BCUT2D eigenvalue weighted by atomic mass is 9.96. The highest BCUT2D eigenvalue weighted by molar-refractivity contribution is 7.99. The molecule has 3 aromatic rings. The molecular formula is C28H28F4N4O3S. The van der Waals surface area contributed by atoms with Crippen molar-refractivity contribution in [1.29, 1.82) is 0 Å². The van der Waals surface area contributed by atoms with Crippen LogP contribution in [0.2, 0.25) is 0 Å². The molecule has 0 saturated carbocycles. The third-order valence-electron chi connectivity index (χ3n) is 7.42. The number of piperazine rings is 1. The second kappa shape index (κ2) is 10.5. The van der Waals surface area contributed by atoms with Gasteiger partial charge in [-0.2, -0.15) is 18.2 Å². The van der Waals surface area contributed by atoms with Crippen molar-refractivity contribution in [3.8, 4) is 11.1 Å². The molecule has 0 bridgehead atoms. The first-order chi connectivity index (χ1) is 18.9. The summed E-state index contributed by atoms with van der Waals surface area (Å²) in [5.74, 6) is -0.383. The molecule has 0 spiro atoms. The molecule has 0 aliphatic carbocycles. The fraction of sp³-hybridized carbons (Fsp3) is 0.393. The van der Waals surface area contributed by atoms with Gasteiger partial charge in [0.2, 0.25) is 5.91 Å². The van der Waals surface area contributed by atoms with Gasteiger partial charge >= 0.3 is 11.9 Å². The average molecular weight is 577 g/mol. The van der Waals surface area contributed by atoms with Crippen molar-refractivity contribution in [2.75, 3.05) is 30.9 Å². The predicted molar refractivity (Wildman–Crippen MR) is 146 cm³/mol. The van der Waals surface area contributed by atoms with Gasteiger partial charge in [-0.3, -0.25) is 9.36 Å². The molecule has 40 heavy (non-hydrogen) atoms. The van der Waals surface area contributed by atoms with Gasteiger partial charge in [0.15, 0.2) is 0 Å². The minimum Gasteiger partial charge on any atom is -0.379 e. The van der Waals surface area contributed by atoms with Crippen LogP contribution in [-0.4, -0.2) is 64.5 Å². The Morgan fingerprint density at radius 3 is 2.38 bits per heavy atom. The number of halogens is 4. The topological polar surface area (TPSA) is 67.7 Å². The van der Waals surface area contributed by atoms with Gasteiger partial charge in [0.1, 0.15) is 11.6 Å². The molecule has 0 radical (unpaired) electrons. The van der Waals surface area contributed by atoms with Crippen LogP contribution in [0.4, 0.5) is 23.4 Å². The maximum Gasteiger partial charge on any atom is 0.417 e. The lowest BCUT2D eigenvalue weighted by Gasteiger charge is -2.44. The first-order valence-corrected chi connectivity index (χ1v) is 13.7. The van der Waals surface area contributed by atoms with E-state index < -0.39 is 29.4 Å². The van der Waals surface area contributed by atoms with Crippen LogP contribution in [-0.2, 0) is 22.3 Å². The minimum absolute atomic E-state index is 0.113. The van der Waals surface area contributed by atoms with Crippen LogP contribution >= 0.6 is 11.8 Å². The van der Waals surface area contributed by atoms with Crippen molar-refractivity contribution in [3.63, 3.8) is 0 Å². The number of carbonyl (C=O) groups excluding carboxylic acids is 1. The van der Waals surface area contributed by atoms with Gasteiger partial charge in [-0.1, -0.05) is 18.7 Å². The van der Waals surface area contributed by atoms with Crippen molar-refractivity contribution in [2.45, 2.75) is 49.7 Å². The van der Waals surface area contributed by atoms with E-state index in [4.69, 9.17) is 4.74 Å². The summed E-state index contributed by atoms with van der Waals surface area (Å²) >= 11 is 1.17. The number of alkyl halides is 3. The maximum atomic E-state index is 14.7. The van der Waals surface area contributed by atoms with Gasteiger partial charge in [-0.25, -0.2) is 9.18 Å². The Morgan fingerprint density at radius 2 is 1.80 bits per heavy atom. The number of thioether (sulfide) groups is 1. The second-order valence-corrected chi connectivity index (χ2v) is 11.1. The summed E-state index contributed by atoms with van der Waals surface area (Å²) in [6.45, 7) is 7.87. The van der Waals surface area contributed by atoms with E-state index in [-0.39, 0.29) is 64.9 Å². The Kier molecular flexibility index (Phi) is 7.43. The molecule has 2 aliphatic rings. The number of amides is 1. The highest BCUT2D eigenvalue weighted by Gasteiger charge is 2.39. The third kappa shape index (κ3) is 4.87. The van der Waals surface area contributed by atoms with E-state index in [2.05, 4.69) is 11.6 Å². The summed E-state index contributed by atoms with van der Waals surface area (Å²) < 4.78 is 64.8. The maximum absolute atomic E-state index is 14.7. The van der Waals surface area contributed by atoms with Crippen molar-refractivity contribution < 1.29 is 27.1 Å². The predicted octanol–water partition coefficient (Wildman–Crippen LogP) is 4.95. The zero-order valence-electron chi connectivity index (χ0n) is 22.2. The van der Waals surface area contributed by atoms with Crippen molar-refractivity contribution in [3.05, 3.63) is 64.9 Å². The number of rotatable bonds is 4. The Morgan fingerprint density at radius 1 is 1.15 bits per heavy atom. The minimum atomic E-state index is -4.75. The smallest absolute Gasteiger partial charge is 0.379 e. The highest BCUT2D eigenvalue weighted by atomic mass is 32.2. The van der Waals surface area contributed by atoms with E-state index in [0.29, 0.717) is 11.3 Å². The summed E-state index contributed by atoms with van der Waals surface area (Å²) in [6.07, 6.45) is -3.97. The van der Waals surface area contributed by atoms with Gasteiger partial charge in [-0.05, 0) is 43.7 Å². The molecule has 212 valence electrons. The molecule has 7 nitrogen and oxygen atoms in total. The molecule has 1 aromatic heterocycles. The lowest BCUT2D eigenvalue weighted by molar-refractivity contribution is -0.137. The SMILES string of the molecule is C=CC(=O)N1[C@H](C)CN(c2nc(=O)n3c4c(c(-c5ccc(F)cc5)c(C(F)(F)F)cc24)SC[C@@H](OC)C3)C[C@@H]1C. The van der Waals surface area contributed by atoms with Crippen LogP contribution in [0.5, 0.6) is 0 Å². The molecular weight excluding hydrogens is 548 g/mol. The first-order valence-electron chi connectivity index (χ1n) is 12.7. The molecule has 2 aliphatic heterocycles. The van der Waals surface area contributed by atoms with Crippen LogP contribution in [0.3, 0.4) is 0 Å². The normalized spacial score (nSPS) is 21.4. The molecule has 3 atom stereocenters. The van der Waals surface area contributed by atoms with Crippen LogP contribution in [0.15, 0.2) is 52.7 Å². The van der Waals surface area contributed by atoms with Crippen LogP contribution in [0, 0.1) is 5.82 Å². The van der Waals surface area contributed by atoms with E-state index in [1.54, 1.807) is 9.80 Å². The Labute approximate surface area is 232 Å². The monoisotopic (exact) mass is 576 g/mol. The summed E-state index contributed by atoms with van der Waals surface area (Å²) in [6, 6.07) is 5.28. The molecule has 0 unspecified atom stereocenters. The highest BCUT2D eigenvalue weighted by Crippen LogP contribution is 2.48. The van der Waals surface area contributed by atoms with Crippen molar-refractivity contribution >= 4 is 34.4 Å². The number of anilines is 1. The molecule has 2 aromatic carbocycles. The van der Waals surface area contributed by atoms with E-state index in [1.165, 1.54) is 41.6 Å². The van der Waals surface area contributed by atoms with Crippen LogP contribution < -0.4 is 10.6 Å². The molecule has 1 saturated heterocycles. The van der Waals surface area contributed by atoms with Crippen LogP contribution in [0.25, 0.3) is 22.0 Å². The Balaban J connectivity index is 1.81. The van der Waals surface area contributed by atoms with Gasteiger partial charge < -0.3 is 14.5 Å². The summed E-state index contributed by atoms with van der Waals surface area (Å²) in [7, 11) is 1.49. The standard InChI is InChI=1S/C28H28F4N4O3S/c1-5-22(37)36-15(2)11-34(12-16(36)3)26-20-10-21(28(30,31)32)23(17-6-8-18(29)9-7-17)25-24(20)35(27(38)33-26)13-19(39-4)14-40-25/h5-10,15-16,19H,1,11-14H2,2-4H3/t15-,16+,19-/m0/s1. The van der Waals surface area contributed by atoms with Gasteiger partial charge in [0.25, 0.3) is 0 Å². The number of methoxy groups -OCH3 is 1. The van der Waals surface area contributed by atoms with Crippen molar-refractivity contribution in [2.24, 2.45) is 0 Å². The summed E-state index contributed by atoms with van der Waals surface area (Å²) in [5, 5.41) is 0.180. The number of carbonyl (C=O) groups is 1. The molecule has 1 amide bonds. The quantitative estimate of drug-likeness (QED) is 0.324.